The molecule has 0 bridgehead atoms. The second-order valence-electron chi connectivity index (χ2n) is 3.03. The Morgan fingerprint density at radius 3 is 2.73 bits per heavy atom. The molecule has 0 unspecified atom stereocenters. The molecule has 0 N–H and O–H groups in total. The van der Waals surface area contributed by atoms with E-state index in [4.69, 9.17) is 11.6 Å². The van der Waals surface area contributed by atoms with E-state index in [1.54, 1.807) is 7.05 Å². The van der Waals surface area contributed by atoms with Crippen molar-refractivity contribution in [2.45, 2.75) is 0 Å². The van der Waals surface area contributed by atoms with Crippen LogP contribution in [0.15, 0.2) is 29.3 Å². The van der Waals surface area contributed by atoms with Crippen LogP contribution in [0.3, 0.4) is 0 Å². The number of hydrogen-bond acceptors (Lipinski definition) is 2. The van der Waals surface area contributed by atoms with Crippen LogP contribution in [0, 0.1) is 5.82 Å². The topological polar surface area (TPSA) is 39.8 Å². The van der Waals surface area contributed by atoms with Crippen molar-refractivity contribution < 1.29 is 4.39 Å². The van der Waals surface area contributed by atoms with Crippen molar-refractivity contribution in [2.24, 2.45) is 7.05 Å². The summed E-state index contributed by atoms with van der Waals surface area (Å²) in [5, 5.41) is 3.81. The maximum atomic E-state index is 12.9. The maximum absolute atomic E-state index is 12.9. The van der Waals surface area contributed by atoms with E-state index >= 15 is 0 Å². The standard InChI is InChI=1S/C9H7ClFN3O/c1-13-5-12-14(9(13)15)6-2-3-8(11)7(10)4-6/h2-5H,1H3. The number of hydrogen-bond donors (Lipinski definition) is 0. The fraction of sp³-hybridized carbons (Fsp3) is 0.111. The van der Waals surface area contributed by atoms with E-state index in [1.165, 1.54) is 29.1 Å². The summed E-state index contributed by atoms with van der Waals surface area (Å²) in [6, 6.07) is 3.99. The van der Waals surface area contributed by atoms with Crippen molar-refractivity contribution in [2.75, 3.05) is 0 Å². The molecule has 0 amide bonds. The largest absolute Gasteiger partial charge is 0.350 e. The minimum atomic E-state index is -0.524. The predicted octanol–water partition coefficient (Wildman–Crippen LogP) is 1.36. The third-order valence-corrected chi connectivity index (χ3v) is 2.26. The van der Waals surface area contributed by atoms with Gasteiger partial charge in [0.05, 0.1) is 10.7 Å². The van der Waals surface area contributed by atoms with Crippen molar-refractivity contribution in [3.8, 4) is 5.69 Å². The monoisotopic (exact) mass is 227 g/mol. The highest BCUT2D eigenvalue weighted by molar-refractivity contribution is 6.30. The number of aryl methyl sites for hydroxylation is 1. The highest BCUT2D eigenvalue weighted by Gasteiger charge is 2.06. The van der Waals surface area contributed by atoms with Crippen molar-refractivity contribution >= 4 is 11.6 Å². The van der Waals surface area contributed by atoms with Crippen LogP contribution in [0.25, 0.3) is 5.69 Å². The average Bonchev–Trinajstić information content (AvgIpc) is 2.53. The van der Waals surface area contributed by atoms with E-state index < -0.39 is 5.82 Å². The Balaban J connectivity index is 2.60. The highest BCUT2D eigenvalue weighted by Crippen LogP contribution is 2.17. The number of rotatable bonds is 1. The average molecular weight is 228 g/mol. The summed E-state index contributed by atoms with van der Waals surface area (Å²) in [5.74, 6) is -0.524. The van der Waals surface area contributed by atoms with Crippen LogP contribution in [0.4, 0.5) is 4.39 Å². The summed E-state index contributed by atoms with van der Waals surface area (Å²) in [6.07, 6.45) is 1.37. The Hall–Kier alpha value is -1.62. The van der Waals surface area contributed by atoms with E-state index in [2.05, 4.69) is 5.10 Å². The summed E-state index contributed by atoms with van der Waals surface area (Å²) >= 11 is 5.60. The Kier molecular flexibility index (Phi) is 2.32. The highest BCUT2D eigenvalue weighted by atomic mass is 35.5. The lowest BCUT2D eigenvalue weighted by Gasteiger charge is -2.00. The fourth-order valence-corrected chi connectivity index (χ4v) is 1.35. The normalized spacial score (nSPS) is 10.6. The van der Waals surface area contributed by atoms with Gasteiger partial charge in [0, 0.05) is 7.05 Å². The molecule has 15 heavy (non-hydrogen) atoms. The molecule has 0 aliphatic heterocycles. The van der Waals surface area contributed by atoms with Crippen LogP contribution in [0.5, 0.6) is 0 Å². The van der Waals surface area contributed by atoms with E-state index in [0.717, 1.165) is 4.68 Å². The maximum Gasteiger partial charge on any atom is 0.350 e. The third-order valence-electron chi connectivity index (χ3n) is 1.97. The van der Waals surface area contributed by atoms with Crippen molar-refractivity contribution in [1.82, 2.24) is 14.3 Å². The van der Waals surface area contributed by atoms with Crippen LogP contribution in [0.1, 0.15) is 0 Å². The lowest BCUT2D eigenvalue weighted by molar-refractivity contribution is 0.627. The molecule has 0 aliphatic rings. The van der Waals surface area contributed by atoms with Gasteiger partial charge in [-0.25, -0.2) is 9.18 Å². The molecule has 2 aromatic rings. The van der Waals surface area contributed by atoms with Crippen molar-refractivity contribution in [3.05, 3.63) is 45.9 Å². The molecule has 0 fully saturated rings. The Labute approximate surface area is 89.5 Å². The first kappa shape index (κ1) is 9.92. The lowest BCUT2D eigenvalue weighted by atomic mass is 10.3. The van der Waals surface area contributed by atoms with Crippen LogP contribution in [0.2, 0.25) is 5.02 Å². The molecular weight excluding hydrogens is 221 g/mol. The van der Waals surface area contributed by atoms with Gasteiger partial charge in [0.1, 0.15) is 12.1 Å². The summed E-state index contributed by atoms with van der Waals surface area (Å²) in [4.78, 5) is 11.5. The lowest BCUT2D eigenvalue weighted by Crippen LogP contribution is -2.21. The minimum Gasteiger partial charge on any atom is -0.284 e. The van der Waals surface area contributed by atoms with Crippen molar-refractivity contribution in [3.63, 3.8) is 0 Å². The number of aromatic nitrogens is 3. The molecule has 1 aromatic heterocycles. The summed E-state index contributed by atoms with van der Waals surface area (Å²) in [6.45, 7) is 0. The van der Waals surface area contributed by atoms with Gasteiger partial charge in [-0.15, -0.1) is 0 Å². The first-order valence-electron chi connectivity index (χ1n) is 4.15. The van der Waals surface area contributed by atoms with Gasteiger partial charge in [-0.05, 0) is 18.2 Å². The van der Waals surface area contributed by atoms with E-state index in [9.17, 15) is 9.18 Å². The van der Waals surface area contributed by atoms with Gasteiger partial charge in [-0.1, -0.05) is 11.6 Å². The molecular formula is C9H7ClFN3O. The zero-order valence-corrected chi connectivity index (χ0v) is 8.57. The van der Waals surface area contributed by atoms with Crippen LogP contribution in [-0.4, -0.2) is 14.3 Å². The van der Waals surface area contributed by atoms with Gasteiger partial charge in [-0.3, -0.25) is 4.57 Å². The zero-order chi connectivity index (χ0) is 11.0. The number of nitrogens with zero attached hydrogens (tertiary/aromatic N) is 3. The number of halogens is 2. The summed E-state index contributed by atoms with van der Waals surface area (Å²) in [5.41, 5.74) is 0.129. The van der Waals surface area contributed by atoms with Crippen LogP contribution < -0.4 is 5.69 Å². The third kappa shape index (κ3) is 1.66. The minimum absolute atomic E-state index is 0.0370. The molecule has 0 saturated heterocycles. The van der Waals surface area contributed by atoms with Gasteiger partial charge in [0.25, 0.3) is 0 Å². The molecule has 0 saturated carbocycles. The molecule has 4 nitrogen and oxygen atoms in total. The first-order valence-corrected chi connectivity index (χ1v) is 4.53. The Morgan fingerprint density at radius 1 is 1.47 bits per heavy atom. The van der Waals surface area contributed by atoms with Gasteiger partial charge in [0.2, 0.25) is 0 Å². The van der Waals surface area contributed by atoms with Crippen molar-refractivity contribution in [1.29, 1.82) is 0 Å². The van der Waals surface area contributed by atoms with Crippen LogP contribution in [-0.2, 0) is 7.05 Å². The molecule has 2 rings (SSSR count). The quantitative estimate of drug-likeness (QED) is 0.738. The Bertz CT molecular complexity index is 561. The molecule has 0 aliphatic carbocycles. The molecule has 78 valence electrons. The summed E-state index contributed by atoms with van der Waals surface area (Å²) < 4.78 is 15.3. The fourth-order valence-electron chi connectivity index (χ4n) is 1.17. The summed E-state index contributed by atoms with van der Waals surface area (Å²) in [7, 11) is 1.58. The zero-order valence-electron chi connectivity index (χ0n) is 7.82. The van der Waals surface area contributed by atoms with E-state index in [1.807, 2.05) is 0 Å². The van der Waals surface area contributed by atoms with Gasteiger partial charge < -0.3 is 0 Å². The molecule has 1 heterocycles. The predicted molar refractivity (Wildman–Crippen MR) is 53.8 cm³/mol. The molecule has 0 spiro atoms. The van der Waals surface area contributed by atoms with Gasteiger partial charge in [-0.2, -0.15) is 9.78 Å². The molecule has 1 aromatic carbocycles. The van der Waals surface area contributed by atoms with Gasteiger partial charge >= 0.3 is 5.69 Å². The SMILES string of the molecule is Cn1cnn(-c2ccc(F)c(Cl)c2)c1=O. The molecule has 6 heteroatoms. The van der Waals surface area contributed by atoms with E-state index in [0.29, 0.717) is 5.69 Å². The second-order valence-corrected chi connectivity index (χ2v) is 3.44. The van der Waals surface area contributed by atoms with E-state index in [-0.39, 0.29) is 10.7 Å². The first-order chi connectivity index (χ1) is 7.09. The van der Waals surface area contributed by atoms with Crippen LogP contribution >= 0.6 is 11.6 Å². The molecule has 0 radical (unpaired) electrons. The number of benzene rings is 1. The second kappa shape index (κ2) is 3.51. The molecule has 0 atom stereocenters. The Morgan fingerprint density at radius 2 is 2.20 bits per heavy atom. The smallest absolute Gasteiger partial charge is 0.284 e. The van der Waals surface area contributed by atoms with Gasteiger partial charge in [0.15, 0.2) is 0 Å².